The highest BCUT2D eigenvalue weighted by Crippen LogP contribution is 2.35. The molecule has 184 valence electrons. The van der Waals surface area contributed by atoms with E-state index in [4.69, 9.17) is 14.2 Å². The predicted molar refractivity (Wildman–Crippen MR) is 135 cm³/mol. The molecule has 2 aliphatic rings. The molecule has 0 bridgehead atoms. The van der Waals surface area contributed by atoms with Gasteiger partial charge in [-0.05, 0) is 49.6 Å². The second kappa shape index (κ2) is 10.9. The number of methoxy groups -OCH3 is 1. The van der Waals surface area contributed by atoms with E-state index in [1.807, 2.05) is 36.4 Å². The van der Waals surface area contributed by atoms with Crippen LogP contribution in [0.4, 0.5) is 17.2 Å². The van der Waals surface area contributed by atoms with Crippen molar-refractivity contribution in [2.45, 2.75) is 19.3 Å². The molecule has 1 saturated carbocycles. The van der Waals surface area contributed by atoms with Crippen LogP contribution in [0, 0.1) is 5.92 Å². The monoisotopic (exact) mass is 477 g/mol. The number of nitrogens with one attached hydrogen (secondary N) is 2. The maximum absolute atomic E-state index is 12.0. The summed E-state index contributed by atoms with van der Waals surface area (Å²) in [7, 11) is 1.63. The van der Waals surface area contributed by atoms with Gasteiger partial charge in [0, 0.05) is 48.4 Å². The van der Waals surface area contributed by atoms with Crippen LogP contribution < -0.4 is 20.1 Å². The van der Waals surface area contributed by atoms with Gasteiger partial charge in [-0.3, -0.25) is 9.69 Å². The Kier molecular flexibility index (Phi) is 7.25. The van der Waals surface area contributed by atoms with Crippen molar-refractivity contribution >= 4 is 34.0 Å². The lowest BCUT2D eigenvalue weighted by molar-refractivity contribution is -0.117. The largest absolute Gasteiger partial charge is 0.493 e. The van der Waals surface area contributed by atoms with E-state index in [0.717, 1.165) is 74.4 Å². The zero-order valence-corrected chi connectivity index (χ0v) is 20.0. The summed E-state index contributed by atoms with van der Waals surface area (Å²) < 4.78 is 17.1. The fourth-order valence-electron chi connectivity index (χ4n) is 4.09. The molecule has 2 aromatic carbocycles. The van der Waals surface area contributed by atoms with Crippen molar-refractivity contribution in [3.05, 3.63) is 42.7 Å². The standard InChI is InChI=1S/C26H31N5O4/c1-33-23-15-21-22(16-24(23)35-12-2-9-31-10-13-34-14-11-31)27-17-28-25(21)29-19-5-7-20(8-6-19)30-26(32)18-3-4-18/h5-8,15-18H,2-4,9-14H2,1H3,(H,30,32)(H,27,28,29). The van der Waals surface area contributed by atoms with Crippen molar-refractivity contribution in [1.82, 2.24) is 14.9 Å². The van der Waals surface area contributed by atoms with Gasteiger partial charge >= 0.3 is 0 Å². The van der Waals surface area contributed by atoms with Crippen LogP contribution in [0.5, 0.6) is 11.5 Å². The SMILES string of the molecule is COc1cc2c(Nc3ccc(NC(=O)C4CC4)cc3)ncnc2cc1OCCCN1CCOCC1. The van der Waals surface area contributed by atoms with Crippen molar-refractivity contribution in [3.8, 4) is 11.5 Å². The highest BCUT2D eigenvalue weighted by atomic mass is 16.5. The lowest BCUT2D eigenvalue weighted by atomic mass is 10.2. The number of carbonyl (C=O) groups is 1. The zero-order valence-electron chi connectivity index (χ0n) is 20.0. The summed E-state index contributed by atoms with van der Waals surface area (Å²) in [6.45, 7) is 5.14. The Hall–Kier alpha value is -3.43. The molecule has 0 radical (unpaired) electrons. The van der Waals surface area contributed by atoms with E-state index in [-0.39, 0.29) is 11.8 Å². The first-order valence-corrected chi connectivity index (χ1v) is 12.1. The molecule has 9 heteroatoms. The van der Waals surface area contributed by atoms with Gasteiger partial charge in [-0.2, -0.15) is 0 Å². The van der Waals surface area contributed by atoms with Crippen LogP contribution in [0.2, 0.25) is 0 Å². The minimum absolute atomic E-state index is 0.0960. The van der Waals surface area contributed by atoms with Gasteiger partial charge in [0.25, 0.3) is 0 Å². The topological polar surface area (TPSA) is 97.8 Å². The van der Waals surface area contributed by atoms with Crippen molar-refractivity contribution in [2.24, 2.45) is 5.92 Å². The molecule has 2 N–H and O–H groups in total. The Morgan fingerprint density at radius 2 is 1.86 bits per heavy atom. The second-order valence-corrected chi connectivity index (χ2v) is 8.86. The molecule has 2 fully saturated rings. The highest BCUT2D eigenvalue weighted by Gasteiger charge is 2.29. The third kappa shape index (κ3) is 5.98. The molecule has 1 saturated heterocycles. The van der Waals surface area contributed by atoms with Gasteiger partial charge in [-0.1, -0.05) is 0 Å². The fourth-order valence-corrected chi connectivity index (χ4v) is 4.09. The Morgan fingerprint density at radius 3 is 2.60 bits per heavy atom. The van der Waals surface area contributed by atoms with Gasteiger partial charge in [0.05, 0.1) is 32.4 Å². The maximum Gasteiger partial charge on any atom is 0.227 e. The molecule has 2 heterocycles. The Balaban J connectivity index is 1.24. The average Bonchev–Trinajstić information content (AvgIpc) is 3.74. The lowest BCUT2D eigenvalue weighted by Crippen LogP contribution is -2.37. The molecular formula is C26H31N5O4. The van der Waals surface area contributed by atoms with Gasteiger partial charge in [0.15, 0.2) is 11.5 Å². The fraction of sp³-hybridized carbons (Fsp3) is 0.423. The number of benzene rings is 2. The molecule has 1 aromatic heterocycles. The molecule has 3 aromatic rings. The number of nitrogens with zero attached hydrogens (tertiary/aromatic N) is 3. The van der Waals surface area contributed by atoms with E-state index < -0.39 is 0 Å². The summed E-state index contributed by atoms with van der Waals surface area (Å²) in [5.74, 6) is 2.25. The molecule has 1 amide bonds. The van der Waals surface area contributed by atoms with E-state index in [0.29, 0.717) is 23.9 Å². The molecule has 35 heavy (non-hydrogen) atoms. The highest BCUT2D eigenvalue weighted by molar-refractivity contribution is 5.95. The summed E-state index contributed by atoms with van der Waals surface area (Å²) in [6.07, 6.45) is 4.42. The van der Waals surface area contributed by atoms with Crippen molar-refractivity contribution in [1.29, 1.82) is 0 Å². The number of ether oxygens (including phenoxy) is 3. The van der Waals surface area contributed by atoms with E-state index in [1.165, 1.54) is 6.33 Å². The molecular weight excluding hydrogens is 446 g/mol. The smallest absolute Gasteiger partial charge is 0.227 e. The van der Waals surface area contributed by atoms with Crippen LogP contribution in [0.25, 0.3) is 10.9 Å². The molecule has 0 unspecified atom stereocenters. The molecule has 1 aliphatic heterocycles. The van der Waals surface area contributed by atoms with E-state index in [1.54, 1.807) is 7.11 Å². The van der Waals surface area contributed by atoms with Gasteiger partial charge in [-0.15, -0.1) is 0 Å². The summed E-state index contributed by atoms with van der Waals surface area (Å²) in [5, 5.41) is 7.13. The number of hydrogen-bond acceptors (Lipinski definition) is 8. The molecule has 0 spiro atoms. The van der Waals surface area contributed by atoms with Gasteiger partial charge in [0.1, 0.15) is 12.1 Å². The predicted octanol–water partition coefficient (Wildman–Crippen LogP) is 3.83. The number of aromatic nitrogens is 2. The number of amides is 1. The number of carbonyl (C=O) groups excluding carboxylic acids is 1. The minimum atomic E-state index is 0.0960. The van der Waals surface area contributed by atoms with Crippen LogP contribution in [-0.2, 0) is 9.53 Å². The summed E-state index contributed by atoms with van der Waals surface area (Å²) in [5.41, 5.74) is 2.41. The Labute approximate surface area is 204 Å². The van der Waals surface area contributed by atoms with Crippen molar-refractivity contribution < 1.29 is 19.0 Å². The molecule has 9 nitrogen and oxygen atoms in total. The van der Waals surface area contributed by atoms with Gasteiger partial charge < -0.3 is 24.8 Å². The van der Waals surface area contributed by atoms with Crippen LogP contribution in [0.3, 0.4) is 0 Å². The van der Waals surface area contributed by atoms with Crippen LogP contribution in [-0.4, -0.2) is 67.3 Å². The van der Waals surface area contributed by atoms with Crippen molar-refractivity contribution in [3.63, 3.8) is 0 Å². The third-order valence-electron chi connectivity index (χ3n) is 6.26. The van der Waals surface area contributed by atoms with Crippen LogP contribution >= 0.6 is 0 Å². The number of fused-ring (bicyclic) bond motifs is 1. The third-order valence-corrected chi connectivity index (χ3v) is 6.26. The first-order chi connectivity index (χ1) is 17.2. The normalized spacial score (nSPS) is 16.1. The molecule has 5 rings (SSSR count). The quantitative estimate of drug-likeness (QED) is 0.425. The zero-order chi connectivity index (χ0) is 24.0. The first kappa shape index (κ1) is 23.3. The van der Waals surface area contributed by atoms with Gasteiger partial charge in [0.2, 0.25) is 5.91 Å². The van der Waals surface area contributed by atoms with E-state index >= 15 is 0 Å². The van der Waals surface area contributed by atoms with Gasteiger partial charge in [-0.25, -0.2) is 9.97 Å². The number of rotatable bonds is 10. The Morgan fingerprint density at radius 1 is 1.09 bits per heavy atom. The summed E-state index contributed by atoms with van der Waals surface area (Å²) in [4.78, 5) is 23.2. The minimum Gasteiger partial charge on any atom is -0.493 e. The second-order valence-electron chi connectivity index (χ2n) is 8.86. The first-order valence-electron chi connectivity index (χ1n) is 12.1. The van der Waals surface area contributed by atoms with Crippen molar-refractivity contribution in [2.75, 3.05) is 57.2 Å². The van der Waals surface area contributed by atoms with Crippen LogP contribution in [0.15, 0.2) is 42.7 Å². The number of morpholine rings is 1. The lowest BCUT2D eigenvalue weighted by Gasteiger charge is -2.26. The Bertz CT molecular complexity index is 1160. The number of anilines is 3. The van der Waals surface area contributed by atoms with E-state index in [9.17, 15) is 4.79 Å². The van der Waals surface area contributed by atoms with E-state index in [2.05, 4.69) is 25.5 Å². The van der Waals surface area contributed by atoms with Crippen LogP contribution in [0.1, 0.15) is 19.3 Å². The summed E-state index contributed by atoms with van der Waals surface area (Å²) in [6, 6.07) is 11.4. The molecule has 0 atom stereocenters. The molecule has 1 aliphatic carbocycles. The summed E-state index contributed by atoms with van der Waals surface area (Å²) >= 11 is 0. The average molecular weight is 478 g/mol. The maximum atomic E-state index is 12.0. The number of hydrogen-bond donors (Lipinski definition) is 2.